The van der Waals surface area contributed by atoms with Crippen LogP contribution in [0.5, 0.6) is 0 Å². The van der Waals surface area contributed by atoms with E-state index in [1.54, 1.807) is 0 Å². The normalized spacial score (nSPS) is 8.62. The first-order chi connectivity index (χ1) is 6.80. The van der Waals surface area contributed by atoms with E-state index in [0.29, 0.717) is 5.41 Å². The molecule has 0 saturated heterocycles. The van der Waals surface area contributed by atoms with Crippen LogP contribution in [-0.4, -0.2) is 0 Å². The minimum absolute atomic E-state index is 0. The standard InChI is InChI=1S/C8H8.C5H12.C2H6.Y/c1-7-5-3-4-6-8(7)2;1-5(2,3)4;1-2;/h3-6H,1-2H2;1-4H3;1-2H3;/q-2;;;. The molecular weight excluding hydrogens is 269 g/mol. The van der Waals surface area contributed by atoms with Crippen LogP contribution >= 0.6 is 0 Å². The van der Waals surface area contributed by atoms with Crippen molar-refractivity contribution in [1.82, 2.24) is 0 Å². The molecule has 0 atom stereocenters. The molecule has 1 heteroatoms. The summed E-state index contributed by atoms with van der Waals surface area (Å²) in [6.07, 6.45) is 0. The molecule has 1 aromatic carbocycles. The number of rotatable bonds is 0. The van der Waals surface area contributed by atoms with Crippen molar-refractivity contribution < 1.29 is 32.7 Å². The van der Waals surface area contributed by atoms with E-state index in [-0.39, 0.29) is 32.7 Å². The van der Waals surface area contributed by atoms with E-state index in [9.17, 15) is 0 Å². The fraction of sp³-hybridized carbons (Fsp3) is 0.467. The third-order valence-electron chi connectivity index (χ3n) is 1.12. The van der Waals surface area contributed by atoms with Crippen molar-refractivity contribution in [2.45, 2.75) is 41.5 Å². The van der Waals surface area contributed by atoms with Gasteiger partial charge in [0.25, 0.3) is 0 Å². The van der Waals surface area contributed by atoms with E-state index in [1.807, 2.05) is 38.1 Å². The summed E-state index contributed by atoms with van der Waals surface area (Å²) in [6.45, 7) is 20.3. The van der Waals surface area contributed by atoms with Crippen molar-refractivity contribution in [3.05, 3.63) is 49.2 Å². The van der Waals surface area contributed by atoms with Crippen LogP contribution in [0.15, 0.2) is 24.3 Å². The van der Waals surface area contributed by atoms with Crippen molar-refractivity contribution in [2.75, 3.05) is 0 Å². The molecule has 0 aliphatic carbocycles. The first kappa shape index (κ1) is 21.4. The second kappa shape index (κ2) is 11.5. The molecule has 0 aliphatic rings. The zero-order valence-electron chi connectivity index (χ0n) is 11.8. The monoisotopic (exact) mass is 295 g/mol. The van der Waals surface area contributed by atoms with Crippen molar-refractivity contribution in [1.29, 1.82) is 0 Å². The van der Waals surface area contributed by atoms with Crippen LogP contribution in [-0.2, 0) is 32.7 Å². The van der Waals surface area contributed by atoms with Crippen LogP contribution in [0.25, 0.3) is 0 Å². The molecule has 0 aromatic heterocycles. The van der Waals surface area contributed by atoms with Gasteiger partial charge in [-0.15, -0.1) is 12.1 Å². The smallest absolute Gasteiger partial charge is 0 e. The molecule has 0 saturated carbocycles. The quantitative estimate of drug-likeness (QED) is 0.582. The van der Waals surface area contributed by atoms with E-state index in [4.69, 9.17) is 0 Å². The Labute approximate surface area is 128 Å². The van der Waals surface area contributed by atoms with Crippen LogP contribution in [0.3, 0.4) is 0 Å². The predicted octanol–water partition coefficient (Wildman–Crippen LogP) is 5.13. The summed E-state index contributed by atoms with van der Waals surface area (Å²) in [7, 11) is 0. The van der Waals surface area contributed by atoms with Crippen molar-refractivity contribution in [3.8, 4) is 0 Å². The summed E-state index contributed by atoms with van der Waals surface area (Å²) < 4.78 is 0. The average molecular weight is 295 g/mol. The van der Waals surface area contributed by atoms with Gasteiger partial charge in [0.05, 0.1) is 0 Å². The molecule has 0 spiro atoms. The van der Waals surface area contributed by atoms with Gasteiger partial charge in [-0.1, -0.05) is 41.5 Å². The van der Waals surface area contributed by atoms with Crippen LogP contribution < -0.4 is 0 Å². The van der Waals surface area contributed by atoms with Gasteiger partial charge < -0.3 is 0 Å². The van der Waals surface area contributed by atoms with Gasteiger partial charge in [0, 0.05) is 32.7 Å². The van der Waals surface area contributed by atoms with Crippen molar-refractivity contribution in [2.24, 2.45) is 5.41 Å². The number of hydrogen-bond acceptors (Lipinski definition) is 0. The maximum atomic E-state index is 3.76. The Balaban J connectivity index is -0.000000187. The minimum Gasteiger partial charge on any atom is -0.299 e. The Morgan fingerprint density at radius 1 is 0.812 bits per heavy atom. The molecule has 1 rings (SSSR count). The zero-order valence-corrected chi connectivity index (χ0v) is 14.6. The first-order valence-electron chi connectivity index (χ1n) is 5.53. The predicted molar refractivity (Wildman–Crippen MR) is 71.8 cm³/mol. The number of benzene rings is 1. The summed E-state index contributed by atoms with van der Waals surface area (Å²) in [4.78, 5) is 0. The molecule has 1 aromatic rings. The molecule has 0 N–H and O–H groups in total. The Morgan fingerprint density at radius 2 is 1.00 bits per heavy atom. The van der Waals surface area contributed by atoms with Gasteiger partial charge >= 0.3 is 0 Å². The second-order valence-electron chi connectivity index (χ2n) is 4.77. The molecule has 0 fully saturated rings. The van der Waals surface area contributed by atoms with Gasteiger partial charge in [0.2, 0.25) is 0 Å². The van der Waals surface area contributed by atoms with E-state index >= 15 is 0 Å². The molecule has 0 bridgehead atoms. The van der Waals surface area contributed by atoms with Gasteiger partial charge in [-0.25, -0.2) is 12.1 Å². The number of hydrogen-bond donors (Lipinski definition) is 0. The van der Waals surface area contributed by atoms with Crippen LogP contribution in [0.1, 0.15) is 52.7 Å². The largest absolute Gasteiger partial charge is 0.299 e. The third kappa shape index (κ3) is 19.6. The van der Waals surface area contributed by atoms with E-state index < -0.39 is 0 Å². The summed E-state index contributed by atoms with van der Waals surface area (Å²) in [5.41, 5.74) is 2.51. The van der Waals surface area contributed by atoms with Gasteiger partial charge in [-0.05, 0) is 5.41 Å². The average Bonchev–Trinajstić information content (AvgIpc) is 2.11. The summed E-state index contributed by atoms with van der Waals surface area (Å²) >= 11 is 0. The molecule has 0 amide bonds. The van der Waals surface area contributed by atoms with Crippen molar-refractivity contribution >= 4 is 0 Å². The topological polar surface area (TPSA) is 0 Å². The zero-order chi connectivity index (χ0) is 12.5. The minimum atomic E-state index is 0. The van der Waals surface area contributed by atoms with Crippen LogP contribution in [0.2, 0.25) is 0 Å². The molecule has 16 heavy (non-hydrogen) atoms. The van der Waals surface area contributed by atoms with Gasteiger partial charge in [0.1, 0.15) is 0 Å². The summed E-state index contributed by atoms with van der Waals surface area (Å²) in [5, 5.41) is 0. The summed E-state index contributed by atoms with van der Waals surface area (Å²) in [6, 6.07) is 7.80. The maximum Gasteiger partial charge on any atom is 0 e. The Morgan fingerprint density at radius 3 is 1.12 bits per heavy atom. The van der Waals surface area contributed by atoms with Gasteiger partial charge in [0.15, 0.2) is 0 Å². The fourth-order valence-electron chi connectivity index (χ4n) is 0.557. The van der Waals surface area contributed by atoms with Crippen LogP contribution in [0.4, 0.5) is 0 Å². The molecule has 91 valence electrons. The fourth-order valence-corrected chi connectivity index (χ4v) is 0.557. The summed E-state index contributed by atoms with van der Waals surface area (Å²) in [5.74, 6) is 0. The molecule has 0 aliphatic heterocycles. The molecule has 0 heterocycles. The first-order valence-corrected chi connectivity index (χ1v) is 5.53. The Hall–Kier alpha value is 0.0639. The maximum absolute atomic E-state index is 3.76. The van der Waals surface area contributed by atoms with E-state index in [0.717, 1.165) is 11.1 Å². The van der Waals surface area contributed by atoms with Gasteiger partial charge in [-0.2, -0.15) is 0 Å². The SMILES string of the molecule is CC.CC(C)(C)C.[CH2-]c1ccccc1[CH2-].[Y]. The Kier molecular flexibility index (Phi) is 15.4. The molecule has 0 unspecified atom stereocenters. The van der Waals surface area contributed by atoms with E-state index in [1.165, 1.54) is 0 Å². The van der Waals surface area contributed by atoms with Gasteiger partial charge in [-0.3, -0.25) is 25.0 Å². The molecule has 1 radical (unpaired) electrons. The second-order valence-corrected chi connectivity index (χ2v) is 4.77. The molecule has 0 nitrogen and oxygen atoms in total. The van der Waals surface area contributed by atoms with Crippen LogP contribution in [0, 0.1) is 19.3 Å². The van der Waals surface area contributed by atoms with E-state index in [2.05, 4.69) is 41.5 Å². The third-order valence-corrected chi connectivity index (χ3v) is 1.12. The van der Waals surface area contributed by atoms with Crippen molar-refractivity contribution in [3.63, 3.8) is 0 Å². The Bertz CT molecular complexity index is 219. The molecular formula is C15H26Y-2.